The fourth-order valence-electron chi connectivity index (χ4n) is 3.98. The predicted octanol–water partition coefficient (Wildman–Crippen LogP) is 0.387. The second kappa shape index (κ2) is 6.77. The lowest BCUT2D eigenvalue weighted by Crippen LogP contribution is -2.52. The first-order valence-electron chi connectivity index (χ1n) is 9.05. The number of rotatable bonds is 2. The molecular formula is C18H19FN4O5. The molecule has 2 saturated heterocycles. The number of imide groups is 1. The Kier molecular flexibility index (Phi) is 4.40. The van der Waals surface area contributed by atoms with Crippen LogP contribution in [0.25, 0.3) is 0 Å². The molecule has 4 amide bonds. The summed E-state index contributed by atoms with van der Waals surface area (Å²) in [6.45, 7) is 1.58. The van der Waals surface area contributed by atoms with E-state index in [9.17, 15) is 23.6 Å². The number of benzene rings is 1. The SMILES string of the molecule is O=C1CCC(N2Cc3cc(N4CCN(C(=O)O)CC4)cc(F)c3C2=O)C(=O)N1. The molecule has 1 aromatic rings. The third-order valence-corrected chi connectivity index (χ3v) is 5.47. The minimum Gasteiger partial charge on any atom is -0.465 e. The summed E-state index contributed by atoms with van der Waals surface area (Å²) < 4.78 is 14.7. The van der Waals surface area contributed by atoms with Gasteiger partial charge in [-0.15, -0.1) is 0 Å². The number of amides is 4. The van der Waals surface area contributed by atoms with Gasteiger partial charge >= 0.3 is 6.09 Å². The van der Waals surface area contributed by atoms with Gasteiger partial charge in [-0.2, -0.15) is 0 Å². The predicted molar refractivity (Wildman–Crippen MR) is 94.3 cm³/mol. The number of fused-ring (bicyclic) bond motifs is 1. The molecule has 0 aliphatic carbocycles. The first-order chi connectivity index (χ1) is 13.3. The molecule has 0 radical (unpaired) electrons. The fourth-order valence-corrected chi connectivity index (χ4v) is 3.98. The lowest BCUT2D eigenvalue weighted by molar-refractivity contribution is -0.136. The Morgan fingerprint density at radius 2 is 1.86 bits per heavy atom. The molecule has 3 aliphatic heterocycles. The van der Waals surface area contributed by atoms with Crippen LogP contribution in [-0.2, 0) is 16.1 Å². The van der Waals surface area contributed by atoms with Crippen LogP contribution >= 0.6 is 0 Å². The van der Waals surface area contributed by atoms with E-state index in [-0.39, 0.29) is 30.9 Å². The summed E-state index contributed by atoms with van der Waals surface area (Å²) in [5.74, 6) is -2.13. The zero-order chi connectivity index (χ0) is 20.0. The fraction of sp³-hybridized carbons (Fsp3) is 0.444. The average Bonchev–Trinajstić information content (AvgIpc) is 2.98. The van der Waals surface area contributed by atoms with Crippen molar-refractivity contribution in [1.82, 2.24) is 15.1 Å². The van der Waals surface area contributed by atoms with Crippen LogP contribution in [-0.4, -0.2) is 70.9 Å². The van der Waals surface area contributed by atoms with E-state index in [0.717, 1.165) is 0 Å². The van der Waals surface area contributed by atoms with Gasteiger partial charge in [0.05, 0.1) is 5.56 Å². The Morgan fingerprint density at radius 3 is 2.50 bits per heavy atom. The van der Waals surface area contributed by atoms with Gasteiger partial charge in [0.25, 0.3) is 5.91 Å². The number of carbonyl (C=O) groups is 4. The molecule has 2 fully saturated rings. The van der Waals surface area contributed by atoms with Gasteiger partial charge in [-0.05, 0) is 24.1 Å². The third kappa shape index (κ3) is 3.04. The molecule has 9 nitrogen and oxygen atoms in total. The first kappa shape index (κ1) is 18.2. The molecule has 148 valence electrons. The van der Waals surface area contributed by atoms with E-state index in [4.69, 9.17) is 5.11 Å². The van der Waals surface area contributed by atoms with Gasteiger partial charge in [0.2, 0.25) is 11.8 Å². The molecule has 1 aromatic carbocycles. The Morgan fingerprint density at radius 1 is 1.14 bits per heavy atom. The summed E-state index contributed by atoms with van der Waals surface area (Å²) in [5, 5.41) is 11.3. The monoisotopic (exact) mass is 390 g/mol. The van der Waals surface area contributed by atoms with Crippen LogP contribution in [0, 0.1) is 5.82 Å². The quantitative estimate of drug-likeness (QED) is 0.707. The highest BCUT2D eigenvalue weighted by Gasteiger charge is 2.40. The van der Waals surface area contributed by atoms with Crippen molar-refractivity contribution < 1.29 is 28.7 Å². The van der Waals surface area contributed by atoms with Crippen molar-refractivity contribution in [3.63, 3.8) is 0 Å². The summed E-state index contributed by atoms with van der Waals surface area (Å²) in [7, 11) is 0. The summed E-state index contributed by atoms with van der Waals surface area (Å²) in [6, 6.07) is 2.21. The van der Waals surface area contributed by atoms with Crippen LogP contribution in [0.5, 0.6) is 0 Å². The summed E-state index contributed by atoms with van der Waals surface area (Å²) in [4.78, 5) is 51.6. The molecular weight excluding hydrogens is 371 g/mol. The standard InChI is InChI=1S/C18H19FN4O5/c19-12-8-11(21-3-5-22(6-4-21)18(27)28)7-10-9-23(17(26)15(10)12)13-1-2-14(24)20-16(13)25/h7-8,13H,1-6,9H2,(H,27,28)(H,20,24,25). The number of piperazine rings is 1. The van der Waals surface area contributed by atoms with Gasteiger partial charge < -0.3 is 19.8 Å². The largest absolute Gasteiger partial charge is 0.465 e. The smallest absolute Gasteiger partial charge is 0.407 e. The Balaban J connectivity index is 1.54. The number of halogens is 1. The highest BCUT2D eigenvalue weighted by Crippen LogP contribution is 2.33. The molecule has 4 rings (SSSR count). The maximum absolute atomic E-state index is 14.7. The van der Waals surface area contributed by atoms with Crippen molar-refractivity contribution in [3.05, 3.63) is 29.1 Å². The van der Waals surface area contributed by atoms with E-state index in [2.05, 4.69) is 5.32 Å². The third-order valence-electron chi connectivity index (χ3n) is 5.47. The van der Waals surface area contributed by atoms with Gasteiger partial charge in [-0.3, -0.25) is 19.7 Å². The Labute approximate surface area is 159 Å². The summed E-state index contributed by atoms with van der Waals surface area (Å²) in [6.07, 6.45) is -0.626. The lowest BCUT2D eigenvalue weighted by atomic mass is 10.0. The van der Waals surface area contributed by atoms with Crippen LogP contribution in [0.2, 0.25) is 0 Å². The van der Waals surface area contributed by atoms with Crippen LogP contribution in [0.3, 0.4) is 0 Å². The highest BCUT2D eigenvalue weighted by atomic mass is 19.1. The van der Waals surface area contributed by atoms with Gasteiger partial charge in [-0.25, -0.2) is 9.18 Å². The summed E-state index contributed by atoms with van der Waals surface area (Å²) >= 11 is 0. The lowest BCUT2D eigenvalue weighted by Gasteiger charge is -2.34. The molecule has 2 N–H and O–H groups in total. The number of anilines is 1. The van der Waals surface area contributed by atoms with Crippen molar-refractivity contribution in [3.8, 4) is 0 Å². The van der Waals surface area contributed by atoms with E-state index in [1.54, 1.807) is 6.07 Å². The maximum Gasteiger partial charge on any atom is 0.407 e. The average molecular weight is 390 g/mol. The van der Waals surface area contributed by atoms with Crippen LogP contribution in [0.4, 0.5) is 14.9 Å². The van der Waals surface area contributed by atoms with Gasteiger partial charge in [0, 0.05) is 44.8 Å². The van der Waals surface area contributed by atoms with Crippen LogP contribution in [0.15, 0.2) is 12.1 Å². The molecule has 1 atom stereocenters. The van der Waals surface area contributed by atoms with Gasteiger partial charge in [0.1, 0.15) is 11.9 Å². The zero-order valence-corrected chi connectivity index (χ0v) is 15.0. The molecule has 10 heteroatoms. The minimum absolute atomic E-state index is 0.0439. The normalized spacial score (nSPS) is 22.4. The number of piperidine rings is 1. The number of carboxylic acid groups (broad SMARTS) is 1. The van der Waals surface area contributed by atoms with E-state index in [1.807, 2.05) is 4.90 Å². The molecule has 1 unspecified atom stereocenters. The number of carbonyl (C=O) groups excluding carboxylic acids is 3. The molecule has 0 bridgehead atoms. The number of nitrogens with one attached hydrogen (secondary N) is 1. The second-order valence-corrected chi connectivity index (χ2v) is 7.12. The molecule has 0 aromatic heterocycles. The maximum atomic E-state index is 14.7. The van der Waals surface area contributed by atoms with Crippen LogP contribution < -0.4 is 10.2 Å². The van der Waals surface area contributed by atoms with E-state index >= 15 is 0 Å². The Hall–Kier alpha value is -3.17. The topological polar surface area (TPSA) is 110 Å². The molecule has 3 aliphatic rings. The number of hydrogen-bond donors (Lipinski definition) is 2. The van der Waals surface area contributed by atoms with Crippen molar-refractivity contribution >= 4 is 29.5 Å². The van der Waals surface area contributed by atoms with Crippen molar-refractivity contribution in [1.29, 1.82) is 0 Å². The number of nitrogens with zero attached hydrogens (tertiary/aromatic N) is 3. The van der Waals surface area contributed by atoms with E-state index in [0.29, 0.717) is 37.4 Å². The van der Waals surface area contributed by atoms with E-state index in [1.165, 1.54) is 15.9 Å². The second-order valence-electron chi connectivity index (χ2n) is 7.12. The highest BCUT2D eigenvalue weighted by molar-refractivity contribution is 6.05. The van der Waals surface area contributed by atoms with E-state index < -0.39 is 29.8 Å². The molecule has 0 saturated carbocycles. The van der Waals surface area contributed by atoms with Crippen molar-refractivity contribution in [2.45, 2.75) is 25.4 Å². The van der Waals surface area contributed by atoms with Crippen LogP contribution in [0.1, 0.15) is 28.8 Å². The van der Waals surface area contributed by atoms with Crippen molar-refractivity contribution in [2.75, 3.05) is 31.1 Å². The van der Waals surface area contributed by atoms with Gasteiger partial charge in [-0.1, -0.05) is 0 Å². The summed E-state index contributed by atoms with van der Waals surface area (Å²) in [5.41, 5.74) is 1.03. The minimum atomic E-state index is -0.981. The van der Waals surface area contributed by atoms with Crippen molar-refractivity contribution in [2.24, 2.45) is 0 Å². The Bertz CT molecular complexity index is 881. The molecule has 3 heterocycles. The van der Waals surface area contributed by atoms with Gasteiger partial charge in [0.15, 0.2) is 0 Å². The number of hydrogen-bond acceptors (Lipinski definition) is 5. The zero-order valence-electron chi connectivity index (χ0n) is 15.0. The molecule has 0 spiro atoms. The molecule has 28 heavy (non-hydrogen) atoms. The first-order valence-corrected chi connectivity index (χ1v) is 9.05.